The van der Waals surface area contributed by atoms with Crippen molar-refractivity contribution in [2.75, 3.05) is 6.61 Å². The Bertz CT molecular complexity index is 713. The maximum atomic E-state index is 6.34. The number of unbranched alkanes of at least 4 members (excludes halogenated alkanes) is 6. The molecule has 0 amide bonds. The van der Waals surface area contributed by atoms with E-state index in [4.69, 9.17) is 16.3 Å². The molecule has 0 atom stereocenters. The molecule has 0 bridgehead atoms. The normalized spacial score (nSPS) is 11.2. The van der Waals surface area contributed by atoms with Gasteiger partial charge in [-0.2, -0.15) is 10.2 Å². The highest BCUT2D eigenvalue weighted by Gasteiger charge is 2.03. The van der Waals surface area contributed by atoms with Crippen molar-refractivity contribution in [2.24, 2.45) is 10.2 Å². The average molecular weight is 401 g/mol. The Balaban J connectivity index is 1.80. The number of hydrogen-bond acceptors (Lipinski definition) is 3. The van der Waals surface area contributed by atoms with Crippen LogP contribution >= 0.6 is 11.6 Å². The van der Waals surface area contributed by atoms with E-state index in [1.165, 1.54) is 50.5 Å². The number of hydrogen-bond donors (Lipinski definition) is 0. The van der Waals surface area contributed by atoms with Crippen molar-refractivity contribution < 1.29 is 4.74 Å². The second-order valence-electron chi connectivity index (χ2n) is 7.20. The van der Waals surface area contributed by atoms with Gasteiger partial charge in [-0.1, -0.05) is 76.1 Å². The molecule has 0 radical (unpaired) electrons. The van der Waals surface area contributed by atoms with E-state index in [1.807, 2.05) is 24.3 Å². The zero-order valence-electron chi connectivity index (χ0n) is 17.3. The molecule has 0 fully saturated rings. The molecule has 0 unspecified atom stereocenters. The minimum Gasteiger partial charge on any atom is -0.492 e. The summed E-state index contributed by atoms with van der Waals surface area (Å²) in [4.78, 5) is 0. The number of nitrogens with zero attached hydrogens (tertiary/aromatic N) is 2. The van der Waals surface area contributed by atoms with E-state index in [9.17, 15) is 0 Å². The van der Waals surface area contributed by atoms with Crippen LogP contribution in [0.2, 0.25) is 5.02 Å². The van der Waals surface area contributed by atoms with Gasteiger partial charge in [-0.25, -0.2) is 0 Å². The fourth-order valence-corrected chi connectivity index (χ4v) is 3.19. The van der Waals surface area contributed by atoms with Gasteiger partial charge < -0.3 is 4.74 Å². The van der Waals surface area contributed by atoms with Crippen molar-refractivity contribution in [3.8, 4) is 5.75 Å². The molecule has 0 aliphatic carbocycles. The number of azo groups is 1. The summed E-state index contributed by atoms with van der Waals surface area (Å²) in [5.41, 5.74) is 2.92. The van der Waals surface area contributed by atoms with Gasteiger partial charge in [0.05, 0.1) is 23.0 Å². The summed E-state index contributed by atoms with van der Waals surface area (Å²) in [5.74, 6) is 0.717. The van der Waals surface area contributed by atoms with Crippen LogP contribution < -0.4 is 4.74 Å². The summed E-state index contributed by atoms with van der Waals surface area (Å²) in [5, 5.41) is 9.18. The molecule has 0 aromatic heterocycles. The van der Waals surface area contributed by atoms with E-state index in [1.54, 1.807) is 6.07 Å². The van der Waals surface area contributed by atoms with Gasteiger partial charge in [0.1, 0.15) is 5.75 Å². The summed E-state index contributed by atoms with van der Waals surface area (Å²) in [6.45, 7) is 5.15. The molecule has 0 aliphatic rings. The summed E-state index contributed by atoms with van der Waals surface area (Å²) < 4.78 is 5.80. The van der Waals surface area contributed by atoms with Crippen LogP contribution in [-0.2, 0) is 6.42 Å². The molecular weight excluding hydrogens is 368 g/mol. The van der Waals surface area contributed by atoms with Crippen LogP contribution in [0.3, 0.4) is 0 Å². The van der Waals surface area contributed by atoms with E-state index in [0.717, 1.165) is 30.0 Å². The maximum Gasteiger partial charge on any atom is 0.138 e. The first-order valence-electron chi connectivity index (χ1n) is 10.7. The van der Waals surface area contributed by atoms with Gasteiger partial charge in [-0.15, -0.1) is 0 Å². The number of aryl methyl sites for hydroxylation is 1. The molecule has 2 aromatic rings. The fraction of sp³-hybridized carbons (Fsp3) is 0.500. The molecule has 0 spiro atoms. The first kappa shape index (κ1) is 22.4. The second-order valence-corrected chi connectivity index (χ2v) is 7.61. The summed E-state index contributed by atoms with van der Waals surface area (Å²) >= 11 is 6.34. The summed E-state index contributed by atoms with van der Waals surface area (Å²) in [6.07, 6.45) is 11.0. The minimum atomic E-state index is 0.581. The second kappa shape index (κ2) is 13.3. The molecule has 3 nitrogen and oxygen atoms in total. The van der Waals surface area contributed by atoms with Crippen LogP contribution in [0.5, 0.6) is 5.75 Å². The molecule has 0 heterocycles. The van der Waals surface area contributed by atoms with Gasteiger partial charge in [0.25, 0.3) is 0 Å². The van der Waals surface area contributed by atoms with Crippen LogP contribution in [-0.4, -0.2) is 6.61 Å². The third kappa shape index (κ3) is 8.43. The third-order valence-corrected chi connectivity index (χ3v) is 5.00. The highest BCUT2D eigenvalue weighted by atomic mass is 35.5. The molecule has 4 heteroatoms. The van der Waals surface area contributed by atoms with E-state index in [-0.39, 0.29) is 0 Å². The number of ether oxygens (including phenoxy) is 1. The van der Waals surface area contributed by atoms with Gasteiger partial charge >= 0.3 is 0 Å². The Labute approximate surface area is 175 Å². The van der Waals surface area contributed by atoms with Crippen LogP contribution in [0.1, 0.15) is 70.8 Å². The van der Waals surface area contributed by atoms with Gasteiger partial charge in [-0.3, -0.25) is 0 Å². The topological polar surface area (TPSA) is 34.0 Å². The molecule has 0 saturated carbocycles. The SMILES string of the molecule is CCCCCCCCOc1ccc(N=Nc2ccc(CCCC)cc2)cc1Cl. The molecule has 0 saturated heterocycles. The average Bonchev–Trinajstić information content (AvgIpc) is 2.72. The van der Waals surface area contributed by atoms with Crippen molar-refractivity contribution in [1.82, 2.24) is 0 Å². The molecule has 0 aliphatic heterocycles. The summed E-state index contributed by atoms with van der Waals surface area (Å²) in [6, 6.07) is 13.8. The van der Waals surface area contributed by atoms with Crippen LogP contribution in [0.15, 0.2) is 52.7 Å². The molecule has 2 aromatic carbocycles. The Morgan fingerprint density at radius 1 is 0.750 bits per heavy atom. The lowest BCUT2D eigenvalue weighted by molar-refractivity contribution is 0.304. The van der Waals surface area contributed by atoms with Gasteiger partial charge in [0.2, 0.25) is 0 Å². The molecule has 152 valence electrons. The molecule has 28 heavy (non-hydrogen) atoms. The smallest absolute Gasteiger partial charge is 0.138 e. The Morgan fingerprint density at radius 2 is 1.39 bits per heavy atom. The van der Waals surface area contributed by atoms with E-state index < -0.39 is 0 Å². The highest BCUT2D eigenvalue weighted by molar-refractivity contribution is 6.32. The fourth-order valence-electron chi connectivity index (χ4n) is 2.96. The first-order valence-corrected chi connectivity index (χ1v) is 11.0. The third-order valence-electron chi connectivity index (χ3n) is 4.71. The van der Waals surface area contributed by atoms with E-state index in [2.05, 4.69) is 36.2 Å². The van der Waals surface area contributed by atoms with Crippen molar-refractivity contribution in [1.29, 1.82) is 0 Å². The molecule has 0 N–H and O–H groups in total. The zero-order valence-corrected chi connectivity index (χ0v) is 18.0. The predicted octanol–water partition coefficient (Wildman–Crippen LogP) is 8.84. The van der Waals surface area contributed by atoms with Crippen LogP contribution in [0, 0.1) is 0 Å². The number of benzene rings is 2. The Hall–Kier alpha value is -1.87. The van der Waals surface area contributed by atoms with Gasteiger partial charge in [-0.05, 0) is 55.2 Å². The quantitative estimate of drug-likeness (QED) is 0.244. The Morgan fingerprint density at radius 3 is 2.11 bits per heavy atom. The van der Waals surface area contributed by atoms with Crippen molar-refractivity contribution in [3.63, 3.8) is 0 Å². The molecular formula is C24H33ClN2O. The summed E-state index contributed by atoms with van der Waals surface area (Å²) in [7, 11) is 0. The standard InChI is InChI=1S/C24H33ClN2O/c1-3-5-7-8-9-10-18-28-24-17-16-22(19-23(24)25)27-26-21-14-12-20(13-15-21)11-6-4-2/h12-17,19H,3-11,18H2,1-2H3. The zero-order chi connectivity index (χ0) is 20.0. The Kier molecular flexibility index (Phi) is 10.7. The van der Waals surface area contributed by atoms with E-state index >= 15 is 0 Å². The predicted molar refractivity (Wildman–Crippen MR) is 120 cm³/mol. The van der Waals surface area contributed by atoms with Gasteiger partial charge in [0, 0.05) is 0 Å². The van der Waals surface area contributed by atoms with Crippen LogP contribution in [0.4, 0.5) is 11.4 Å². The van der Waals surface area contributed by atoms with Crippen LogP contribution in [0.25, 0.3) is 0 Å². The largest absolute Gasteiger partial charge is 0.492 e. The number of rotatable bonds is 13. The highest BCUT2D eigenvalue weighted by Crippen LogP contribution is 2.30. The first-order chi connectivity index (χ1) is 13.7. The van der Waals surface area contributed by atoms with E-state index in [0.29, 0.717) is 11.6 Å². The lowest BCUT2D eigenvalue weighted by atomic mass is 10.1. The van der Waals surface area contributed by atoms with Crippen molar-refractivity contribution in [3.05, 3.63) is 53.1 Å². The van der Waals surface area contributed by atoms with Crippen molar-refractivity contribution in [2.45, 2.75) is 71.6 Å². The molecule has 2 rings (SSSR count). The van der Waals surface area contributed by atoms with Crippen molar-refractivity contribution >= 4 is 23.0 Å². The van der Waals surface area contributed by atoms with Gasteiger partial charge in [0.15, 0.2) is 0 Å². The maximum absolute atomic E-state index is 6.34. The lowest BCUT2D eigenvalue weighted by Gasteiger charge is -2.08. The monoisotopic (exact) mass is 400 g/mol. The number of halogens is 1. The lowest BCUT2D eigenvalue weighted by Crippen LogP contribution is -1.97. The minimum absolute atomic E-state index is 0.581.